The molecule has 3 unspecified atom stereocenters. The van der Waals surface area contributed by atoms with Gasteiger partial charge in [0.25, 0.3) is 7.82 Å². The van der Waals surface area contributed by atoms with Gasteiger partial charge in [-0.15, -0.1) is 0 Å². The summed E-state index contributed by atoms with van der Waals surface area (Å²) >= 11 is 0. The summed E-state index contributed by atoms with van der Waals surface area (Å²) in [6.45, 7) is 6.82. The average Bonchev–Trinajstić information content (AvgIpc) is 3.33. The molecule has 0 bridgehead atoms. The number of rotatable bonds is 56. The number of nitrogens with zero attached hydrogens (tertiary/aromatic N) is 1. The van der Waals surface area contributed by atoms with E-state index in [1.807, 2.05) is 33.3 Å². The van der Waals surface area contributed by atoms with E-state index in [-0.39, 0.29) is 31.5 Å². The molecule has 9 nitrogen and oxygen atoms in total. The fourth-order valence-electron chi connectivity index (χ4n) is 9.09. The molecule has 10 heteroatoms. The van der Waals surface area contributed by atoms with Crippen LogP contribution in [-0.2, 0) is 27.9 Å². The van der Waals surface area contributed by atoms with Crippen LogP contribution in [0.25, 0.3) is 0 Å². The summed E-state index contributed by atoms with van der Waals surface area (Å²) in [6.07, 6.45) is 60.2. The molecule has 1 amide bonds. The molecule has 71 heavy (non-hydrogen) atoms. The lowest BCUT2D eigenvalue weighted by Crippen LogP contribution is -2.47. The van der Waals surface area contributed by atoms with E-state index in [2.05, 4.69) is 38.2 Å². The number of esters is 1. The van der Waals surface area contributed by atoms with E-state index in [4.69, 9.17) is 13.8 Å². The summed E-state index contributed by atoms with van der Waals surface area (Å²) in [6, 6.07) is -0.885. The zero-order chi connectivity index (χ0) is 52.2. The number of phosphoric ester groups is 1. The zero-order valence-corrected chi connectivity index (χ0v) is 48.8. The van der Waals surface area contributed by atoms with Crippen molar-refractivity contribution in [1.29, 1.82) is 0 Å². The molecule has 0 saturated heterocycles. The maximum Gasteiger partial charge on any atom is 0.306 e. The van der Waals surface area contributed by atoms with Gasteiger partial charge in [-0.05, 0) is 51.0 Å². The first-order valence-corrected chi connectivity index (χ1v) is 32.1. The standard InChI is InChI=1S/C61H119N2O7P/c1-7-10-13-16-19-22-25-26-27-28-29-30-31-32-33-34-35-36-39-42-45-48-51-54-61(65)70-59(52-49-46-43-40-37-23-20-17-14-11-8-2)58(57-69-71(66,67)68-56-55-63(4,5)6)62-60(64)53-50-47-44-41-38-24-21-18-15-12-9-3/h18,21,49,52,58-59H,7-17,19-20,22-48,50-51,53-57H2,1-6H3,(H-,62,64,66,67)/b21-18-,52-49-. The Balaban J connectivity index is 5.05. The molecule has 0 saturated carbocycles. The Labute approximate surface area is 441 Å². The van der Waals surface area contributed by atoms with Gasteiger partial charge in [-0.2, -0.15) is 0 Å². The summed E-state index contributed by atoms with van der Waals surface area (Å²) in [7, 11) is 1.19. The van der Waals surface area contributed by atoms with E-state index in [9.17, 15) is 19.0 Å². The summed E-state index contributed by atoms with van der Waals surface area (Å²) in [4.78, 5) is 39.8. The molecule has 0 aliphatic rings. The van der Waals surface area contributed by atoms with Crippen LogP contribution in [0.1, 0.15) is 303 Å². The molecule has 0 aliphatic carbocycles. The quantitative estimate of drug-likeness (QED) is 0.0212. The van der Waals surface area contributed by atoms with E-state index >= 15 is 0 Å². The van der Waals surface area contributed by atoms with Crippen LogP contribution in [0.5, 0.6) is 0 Å². The van der Waals surface area contributed by atoms with Crippen LogP contribution in [0.3, 0.4) is 0 Å². The highest BCUT2D eigenvalue weighted by molar-refractivity contribution is 7.45. The molecule has 0 aromatic carbocycles. The second-order valence-corrected chi connectivity index (χ2v) is 23.6. The fourth-order valence-corrected chi connectivity index (χ4v) is 9.82. The molecular formula is C61H119N2O7P. The second-order valence-electron chi connectivity index (χ2n) is 22.2. The van der Waals surface area contributed by atoms with Crippen molar-refractivity contribution in [3.63, 3.8) is 0 Å². The van der Waals surface area contributed by atoms with Gasteiger partial charge in [-0.3, -0.25) is 14.2 Å². The molecule has 0 radical (unpaired) electrons. The third-order valence-electron chi connectivity index (χ3n) is 13.9. The van der Waals surface area contributed by atoms with Gasteiger partial charge in [0, 0.05) is 12.8 Å². The zero-order valence-electron chi connectivity index (χ0n) is 48.0. The molecule has 1 N–H and O–H groups in total. The predicted octanol–water partition coefficient (Wildman–Crippen LogP) is 17.9. The Bertz CT molecular complexity index is 1270. The number of allylic oxidation sites excluding steroid dienone is 3. The molecule has 0 aliphatic heterocycles. The van der Waals surface area contributed by atoms with Crippen molar-refractivity contribution < 1.29 is 37.3 Å². The number of quaternary nitrogens is 1. The van der Waals surface area contributed by atoms with Crippen LogP contribution < -0.4 is 10.2 Å². The van der Waals surface area contributed by atoms with Crippen molar-refractivity contribution in [2.75, 3.05) is 40.9 Å². The Morgan fingerprint density at radius 1 is 0.479 bits per heavy atom. The number of hydrogen-bond donors (Lipinski definition) is 1. The van der Waals surface area contributed by atoms with Crippen LogP contribution in [0.15, 0.2) is 24.3 Å². The van der Waals surface area contributed by atoms with Crippen LogP contribution in [0.4, 0.5) is 0 Å². The minimum Gasteiger partial charge on any atom is -0.756 e. The minimum atomic E-state index is -4.69. The minimum absolute atomic E-state index is 0.0208. The van der Waals surface area contributed by atoms with E-state index in [0.717, 1.165) is 83.5 Å². The van der Waals surface area contributed by atoms with Crippen LogP contribution in [0.2, 0.25) is 0 Å². The van der Waals surface area contributed by atoms with Gasteiger partial charge < -0.3 is 28.5 Å². The largest absolute Gasteiger partial charge is 0.756 e. The second kappa shape index (κ2) is 52.0. The molecule has 0 aromatic heterocycles. The highest BCUT2D eigenvalue weighted by atomic mass is 31.2. The number of hydrogen-bond acceptors (Lipinski definition) is 7. The lowest BCUT2D eigenvalue weighted by molar-refractivity contribution is -0.870. The molecule has 0 fully saturated rings. The van der Waals surface area contributed by atoms with Gasteiger partial charge in [0.15, 0.2) is 0 Å². The molecule has 3 atom stereocenters. The third-order valence-corrected chi connectivity index (χ3v) is 14.8. The summed E-state index contributed by atoms with van der Waals surface area (Å²) in [5.74, 6) is -0.539. The number of unbranched alkanes of at least 4 members (excludes halogenated alkanes) is 38. The molecule has 420 valence electrons. The van der Waals surface area contributed by atoms with Crippen molar-refractivity contribution >= 4 is 19.7 Å². The Kier molecular flexibility index (Phi) is 50.8. The monoisotopic (exact) mass is 1020 g/mol. The molecular weight excluding hydrogens is 904 g/mol. The van der Waals surface area contributed by atoms with Gasteiger partial charge in [-0.25, -0.2) is 0 Å². The van der Waals surface area contributed by atoms with E-state index < -0.39 is 20.0 Å². The van der Waals surface area contributed by atoms with Crippen LogP contribution in [0, 0.1) is 0 Å². The van der Waals surface area contributed by atoms with Crippen LogP contribution in [-0.4, -0.2) is 69.4 Å². The lowest BCUT2D eigenvalue weighted by Gasteiger charge is -2.30. The van der Waals surface area contributed by atoms with Crippen LogP contribution >= 0.6 is 7.82 Å². The number of nitrogens with one attached hydrogen (secondary N) is 1. The number of ether oxygens (including phenoxy) is 1. The van der Waals surface area contributed by atoms with E-state index in [1.54, 1.807) is 0 Å². The van der Waals surface area contributed by atoms with E-state index in [0.29, 0.717) is 17.4 Å². The average molecular weight is 1020 g/mol. The number of amides is 1. The van der Waals surface area contributed by atoms with Crippen molar-refractivity contribution in [1.82, 2.24) is 5.32 Å². The third kappa shape index (κ3) is 53.1. The normalized spacial score (nSPS) is 13.8. The Morgan fingerprint density at radius 3 is 1.24 bits per heavy atom. The lowest BCUT2D eigenvalue weighted by atomic mass is 10.0. The predicted molar refractivity (Wildman–Crippen MR) is 303 cm³/mol. The SMILES string of the molecule is CCCC/C=C\CCCCCCCC(=O)NC(COP(=O)([O-])OCC[N+](C)(C)C)C(/C=C\CCCCCCCCCCC)OC(=O)CCCCCCCCCCCCCCCCCCCCCCCCC. The number of carbonyl (C=O) groups excluding carboxylic acids is 2. The van der Waals surface area contributed by atoms with E-state index in [1.165, 1.54) is 186 Å². The summed E-state index contributed by atoms with van der Waals surface area (Å²) in [5, 5.41) is 3.01. The summed E-state index contributed by atoms with van der Waals surface area (Å²) in [5.41, 5.74) is 0. The molecule has 0 heterocycles. The first-order chi connectivity index (χ1) is 34.4. The number of likely N-dealkylation sites (N-methyl/N-ethyl adjacent to an activating group) is 1. The first-order valence-electron chi connectivity index (χ1n) is 30.6. The highest BCUT2D eigenvalue weighted by Crippen LogP contribution is 2.38. The first kappa shape index (κ1) is 69.5. The maximum atomic E-state index is 13.4. The Morgan fingerprint density at radius 2 is 0.831 bits per heavy atom. The topological polar surface area (TPSA) is 114 Å². The number of carbonyl (C=O) groups is 2. The highest BCUT2D eigenvalue weighted by Gasteiger charge is 2.27. The van der Waals surface area contributed by atoms with Crippen molar-refractivity contribution in [2.24, 2.45) is 0 Å². The van der Waals surface area contributed by atoms with Crippen molar-refractivity contribution in [3.8, 4) is 0 Å². The fraction of sp³-hybridized carbons (Fsp3) is 0.902. The Hall–Kier alpha value is -1.51. The summed E-state index contributed by atoms with van der Waals surface area (Å²) < 4.78 is 30.2. The van der Waals surface area contributed by atoms with Crippen molar-refractivity contribution in [2.45, 2.75) is 315 Å². The van der Waals surface area contributed by atoms with Gasteiger partial charge in [-0.1, -0.05) is 264 Å². The van der Waals surface area contributed by atoms with Crippen molar-refractivity contribution in [3.05, 3.63) is 24.3 Å². The molecule has 0 spiro atoms. The van der Waals surface area contributed by atoms with Gasteiger partial charge in [0.1, 0.15) is 19.3 Å². The number of phosphoric acid groups is 1. The maximum absolute atomic E-state index is 13.4. The van der Waals surface area contributed by atoms with Gasteiger partial charge >= 0.3 is 5.97 Å². The molecule has 0 rings (SSSR count). The smallest absolute Gasteiger partial charge is 0.306 e. The van der Waals surface area contributed by atoms with Gasteiger partial charge in [0.2, 0.25) is 5.91 Å². The molecule has 0 aromatic rings. The van der Waals surface area contributed by atoms with Gasteiger partial charge in [0.05, 0.1) is 33.8 Å².